The minimum atomic E-state index is -0.110. The predicted molar refractivity (Wildman–Crippen MR) is 134 cm³/mol. The monoisotopic (exact) mass is 434 g/mol. The summed E-state index contributed by atoms with van der Waals surface area (Å²) in [7, 11) is 0. The van der Waals surface area contributed by atoms with Crippen molar-refractivity contribution in [3.63, 3.8) is 0 Å². The first-order valence-electron chi connectivity index (χ1n) is 11.0. The zero-order valence-corrected chi connectivity index (χ0v) is 18.6. The second-order valence-electron chi connectivity index (χ2n) is 7.58. The maximum Gasteiger partial charge on any atom is 0.255 e. The summed E-state index contributed by atoms with van der Waals surface area (Å²) < 4.78 is 5.74. The van der Waals surface area contributed by atoms with Crippen molar-refractivity contribution >= 4 is 23.2 Å². The van der Waals surface area contributed by atoms with Gasteiger partial charge in [-0.1, -0.05) is 60.7 Å². The van der Waals surface area contributed by atoms with Crippen molar-refractivity contribution in [3.05, 3.63) is 131 Å². The molecule has 164 valence electrons. The van der Waals surface area contributed by atoms with Crippen molar-refractivity contribution in [2.75, 3.05) is 11.9 Å². The van der Waals surface area contributed by atoms with E-state index in [1.54, 1.807) is 12.1 Å². The number of rotatable bonds is 7. The van der Waals surface area contributed by atoms with E-state index in [1.807, 2.05) is 91.9 Å². The lowest BCUT2D eigenvalue weighted by Crippen LogP contribution is -2.11. The van der Waals surface area contributed by atoms with Gasteiger partial charge >= 0.3 is 0 Å². The number of hydrogen-bond acceptors (Lipinski definition) is 3. The molecule has 0 aromatic heterocycles. The summed E-state index contributed by atoms with van der Waals surface area (Å²) >= 11 is 0. The highest BCUT2D eigenvalue weighted by molar-refractivity contribution is 6.04. The highest BCUT2D eigenvalue weighted by Crippen LogP contribution is 2.19. The molecular weight excluding hydrogens is 408 g/mol. The van der Waals surface area contributed by atoms with E-state index in [0.29, 0.717) is 18.1 Å². The lowest BCUT2D eigenvalue weighted by atomic mass is 10.0. The molecule has 4 nitrogen and oxygen atoms in total. The molecule has 0 radical (unpaired) electrons. The van der Waals surface area contributed by atoms with Gasteiger partial charge in [0.25, 0.3) is 5.91 Å². The third-order valence-corrected chi connectivity index (χ3v) is 5.12. The summed E-state index contributed by atoms with van der Waals surface area (Å²) in [6.45, 7) is 2.52. The molecule has 1 amide bonds. The van der Waals surface area contributed by atoms with Gasteiger partial charge in [0.05, 0.1) is 12.3 Å². The Balaban J connectivity index is 1.40. The molecule has 0 atom stereocenters. The fourth-order valence-electron chi connectivity index (χ4n) is 3.44. The molecule has 0 spiro atoms. The first-order chi connectivity index (χ1) is 16.2. The SMILES string of the molecule is CCO/C(=N\c1ccc(Cc2ccc(NC(=O)c3ccccc3)cc2)cc1)c1ccccc1. The Hall–Kier alpha value is -4.18. The largest absolute Gasteiger partial charge is 0.478 e. The molecule has 33 heavy (non-hydrogen) atoms. The van der Waals surface area contributed by atoms with Crippen LogP contribution < -0.4 is 5.32 Å². The zero-order chi connectivity index (χ0) is 22.9. The quantitative estimate of drug-likeness (QED) is 0.262. The van der Waals surface area contributed by atoms with Crippen molar-refractivity contribution < 1.29 is 9.53 Å². The Kier molecular flexibility index (Phi) is 7.29. The number of ether oxygens (including phenoxy) is 1. The normalized spacial score (nSPS) is 11.1. The van der Waals surface area contributed by atoms with E-state index in [4.69, 9.17) is 4.74 Å². The fraction of sp³-hybridized carbons (Fsp3) is 0.103. The van der Waals surface area contributed by atoms with Crippen molar-refractivity contribution in [1.82, 2.24) is 0 Å². The van der Waals surface area contributed by atoms with Crippen LogP contribution in [0.2, 0.25) is 0 Å². The molecule has 0 aliphatic rings. The van der Waals surface area contributed by atoms with Gasteiger partial charge in [0.2, 0.25) is 5.90 Å². The number of nitrogens with zero attached hydrogens (tertiary/aromatic N) is 1. The van der Waals surface area contributed by atoms with E-state index in [2.05, 4.69) is 22.4 Å². The average molecular weight is 435 g/mol. The Morgan fingerprint density at radius 2 is 1.27 bits per heavy atom. The van der Waals surface area contributed by atoms with Gasteiger partial charge in [0.15, 0.2) is 0 Å². The van der Waals surface area contributed by atoms with Crippen molar-refractivity contribution in [2.45, 2.75) is 13.3 Å². The van der Waals surface area contributed by atoms with E-state index in [-0.39, 0.29) is 5.91 Å². The van der Waals surface area contributed by atoms with Gasteiger partial charge < -0.3 is 10.1 Å². The minimum Gasteiger partial charge on any atom is -0.478 e. The van der Waals surface area contributed by atoms with Crippen LogP contribution >= 0.6 is 0 Å². The number of benzene rings is 4. The standard InChI is InChI=1S/C29H26N2O2/c1-2-33-29(25-11-7-4-8-12-25)31-27-19-15-23(16-20-27)21-22-13-17-26(18-14-22)30-28(32)24-9-5-3-6-10-24/h3-20H,2,21H2,1H3,(H,30,32)/b31-29-. The fourth-order valence-corrected chi connectivity index (χ4v) is 3.44. The van der Waals surface area contributed by atoms with E-state index >= 15 is 0 Å². The Morgan fingerprint density at radius 3 is 1.85 bits per heavy atom. The Morgan fingerprint density at radius 1 is 0.727 bits per heavy atom. The summed E-state index contributed by atoms with van der Waals surface area (Å²) in [6, 6.07) is 35.2. The van der Waals surface area contributed by atoms with Crippen LogP contribution in [-0.2, 0) is 11.2 Å². The van der Waals surface area contributed by atoms with Crippen LogP contribution in [0.3, 0.4) is 0 Å². The van der Waals surface area contributed by atoms with Gasteiger partial charge in [-0.05, 0) is 73.0 Å². The van der Waals surface area contributed by atoms with Crippen molar-refractivity contribution in [1.29, 1.82) is 0 Å². The second-order valence-corrected chi connectivity index (χ2v) is 7.58. The Labute approximate surface area is 194 Å². The summed E-state index contributed by atoms with van der Waals surface area (Å²) in [4.78, 5) is 17.0. The molecule has 0 saturated heterocycles. The van der Waals surface area contributed by atoms with Crippen LogP contribution in [0.4, 0.5) is 11.4 Å². The molecule has 4 aromatic rings. The number of hydrogen-bond donors (Lipinski definition) is 1. The van der Waals surface area contributed by atoms with Crippen LogP contribution in [-0.4, -0.2) is 18.4 Å². The van der Waals surface area contributed by atoms with Gasteiger partial charge in [-0.2, -0.15) is 0 Å². The second kappa shape index (κ2) is 10.9. The molecule has 0 bridgehead atoms. The molecule has 4 aromatic carbocycles. The van der Waals surface area contributed by atoms with Gasteiger partial charge in [-0.25, -0.2) is 4.99 Å². The van der Waals surface area contributed by atoms with E-state index in [0.717, 1.165) is 23.4 Å². The maximum atomic E-state index is 12.3. The summed E-state index contributed by atoms with van der Waals surface area (Å²) in [5.41, 5.74) is 5.59. The van der Waals surface area contributed by atoms with Gasteiger partial charge in [0, 0.05) is 16.8 Å². The van der Waals surface area contributed by atoms with Crippen LogP contribution in [0.1, 0.15) is 34.0 Å². The molecule has 0 fully saturated rings. The molecule has 0 heterocycles. The Bertz CT molecular complexity index is 1200. The third kappa shape index (κ3) is 6.17. The minimum absolute atomic E-state index is 0.110. The number of anilines is 1. The van der Waals surface area contributed by atoms with E-state index in [9.17, 15) is 4.79 Å². The first kappa shape index (κ1) is 22.0. The van der Waals surface area contributed by atoms with Gasteiger partial charge in [-0.15, -0.1) is 0 Å². The number of amides is 1. The van der Waals surface area contributed by atoms with Gasteiger partial charge in [-0.3, -0.25) is 4.79 Å². The highest BCUT2D eigenvalue weighted by Gasteiger charge is 2.06. The first-order valence-corrected chi connectivity index (χ1v) is 11.0. The van der Waals surface area contributed by atoms with Crippen molar-refractivity contribution in [2.24, 2.45) is 4.99 Å². The lowest BCUT2D eigenvalue weighted by Gasteiger charge is -2.09. The number of carbonyl (C=O) groups is 1. The summed E-state index contributed by atoms with van der Waals surface area (Å²) in [6.07, 6.45) is 0.800. The molecular formula is C29H26N2O2. The maximum absolute atomic E-state index is 12.3. The van der Waals surface area contributed by atoms with E-state index in [1.165, 1.54) is 11.1 Å². The van der Waals surface area contributed by atoms with Crippen LogP contribution in [0.5, 0.6) is 0 Å². The van der Waals surface area contributed by atoms with Crippen LogP contribution in [0.25, 0.3) is 0 Å². The molecule has 0 saturated carbocycles. The number of aliphatic imine (C=N–C) groups is 1. The summed E-state index contributed by atoms with van der Waals surface area (Å²) in [5.74, 6) is 0.514. The lowest BCUT2D eigenvalue weighted by molar-refractivity contribution is 0.102. The number of carbonyl (C=O) groups excluding carboxylic acids is 1. The molecule has 4 rings (SSSR count). The highest BCUT2D eigenvalue weighted by atomic mass is 16.5. The third-order valence-electron chi connectivity index (χ3n) is 5.12. The average Bonchev–Trinajstić information content (AvgIpc) is 2.87. The zero-order valence-electron chi connectivity index (χ0n) is 18.6. The summed E-state index contributed by atoms with van der Waals surface area (Å²) in [5, 5.41) is 2.93. The molecule has 4 heteroatoms. The van der Waals surface area contributed by atoms with E-state index < -0.39 is 0 Å². The smallest absolute Gasteiger partial charge is 0.255 e. The van der Waals surface area contributed by atoms with Gasteiger partial charge in [0.1, 0.15) is 0 Å². The molecule has 0 aliphatic carbocycles. The number of nitrogens with one attached hydrogen (secondary N) is 1. The molecule has 0 unspecified atom stereocenters. The topological polar surface area (TPSA) is 50.7 Å². The predicted octanol–water partition coefficient (Wildman–Crippen LogP) is 6.64. The molecule has 0 aliphatic heterocycles. The van der Waals surface area contributed by atoms with Crippen molar-refractivity contribution in [3.8, 4) is 0 Å². The molecule has 1 N–H and O–H groups in total. The van der Waals surface area contributed by atoms with Crippen LogP contribution in [0.15, 0.2) is 114 Å². The van der Waals surface area contributed by atoms with Crippen LogP contribution in [0, 0.1) is 0 Å².